The van der Waals surface area contributed by atoms with E-state index in [1.807, 2.05) is 47.7 Å². The van der Waals surface area contributed by atoms with E-state index in [2.05, 4.69) is 100 Å². The molecule has 0 saturated carbocycles. The fraction of sp³-hybridized carbons (Fsp3) is 0.409. The fourth-order valence-corrected chi connectivity index (χ4v) is 6.13. The summed E-state index contributed by atoms with van der Waals surface area (Å²) in [7, 11) is 0. The molecular weight excluding hydrogens is 767 g/mol. The van der Waals surface area contributed by atoms with Crippen molar-refractivity contribution < 1.29 is 30.0 Å². The van der Waals surface area contributed by atoms with Crippen LogP contribution in [0.25, 0.3) is 43.6 Å². The van der Waals surface area contributed by atoms with E-state index in [9.17, 15) is 9.90 Å². The predicted octanol–water partition coefficient (Wildman–Crippen LogP) is 12.9. The van der Waals surface area contributed by atoms with Crippen LogP contribution in [-0.4, -0.2) is 15.9 Å². The summed E-state index contributed by atoms with van der Waals surface area (Å²) in [6, 6.07) is 27.9. The van der Waals surface area contributed by atoms with Gasteiger partial charge >= 0.3 is 0 Å². The summed E-state index contributed by atoms with van der Waals surface area (Å²) in [5.74, 6) is 1.21. The van der Waals surface area contributed by atoms with E-state index in [1.165, 1.54) is 44.1 Å². The molecule has 4 heteroatoms. The molecule has 5 rings (SSSR count). The first-order valence-corrected chi connectivity index (χ1v) is 17.5. The van der Waals surface area contributed by atoms with Crippen LogP contribution in [0, 0.1) is 16.9 Å². The van der Waals surface area contributed by atoms with Gasteiger partial charge in [-0.3, -0.25) is 9.78 Å². The molecule has 4 aromatic carbocycles. The Morgan fingerprint density at radius 2 is 1.44 bits per heavy atom. The zero-order valence-electron chi connectivity index (χ0n) is 30.6. The van der Waals surface area contributed by atoms with Crippen LogP contribution in [0.2, 0.25) is 0 Å². The number of carbonyl (C=O) groups excluding carboxylic acids is 1. The number of benzene rings is 4. The molecule has 0 bridgehead atoms. The van der Waals surface area contributed by atoms with Crippen LogP contribution < -0.4 is 0 Å². The van der Waals surface area contributed by atoms with Gasteiger partial charge in [0.25, 0.3) is 0 Å². The molecular formula is C44H54IrNO2-. The normalized spacial score (nSPS) is 12.4. The van der Waals surface area contributed by atoms with E-state index in [0.717, 1.165) is 42.3 Å². The predicted molar refractivity (Wildman–Crippen MR) is 202 cm³/mol. The number of ketones is 1. The SMILES string of the molecule is CC(C)c1ccc2c(-c3[c-]c4ccc5ccccc5c4c(C(C)C)c3)nccc2c1.CCC(C)(CC)C(=O)/C=C(\O)C(C)(CC)CC.[Ir]. The van der Waals surface area contributed by atoms with E-state index in [0.29, 0.717) is 11.8 Å². The van der Waals surface area contributed by atoms with Crippen molar-refractivity contribution in [2.45, 2.75) is 107 Å². The first kappa shape index (κ1) is 39.1. The first-order valence-electron chi connectivity index (χ1n) is 17.5. The van der Waals surface area contributed by atoms with Gasteiger partial charge in [0.2, 0.25) is 0 Å². The van der Waals surface area contributed by atoms with Crippen molar-refractivity contribution in [1.82, 2.24) is 4.98 Å². The van der Waals surface area contributed by atoms with Crippen molar-refractivity contribution in [1.29, 1.82) is 0 Å². The molecule has 5 aromatic rings. The number of fused-ring (bicyclic) bond motifs is 4. The van der Waals surface area contributed by atoms with E-state index >= 15 is 0 Å². The van der Waals surface area contributed by atoms with E-state index in [-0.39, 0.29) is 42.5 Å². The molecule has 1 heterocycles. The van der Waals surface area contributed by atoms with Gasteiger partial charge in [0, 0.05) is 48.9 Å². The van der Waals surface area contributed by atoms with Gasteiger partial charge in [0.05, 0.1) is 0 Å². The summed E-state index contributed by atoms with van der Waals surface area (Å²) in [5, 5.41) is 17.6. The minimum Gasteiger partial charge on any atom is -0.512 e. The van der Waals surface area contributed by atoms with Crippen LogP contribution in [0.1, 0.15) is 118 Å². The third-order valence-corrected chi connectivity index (χ3v) is 10.7. The minimum absolute atomic E-state index is 0. The maximum atomic E-state index is 12.2. The zero-order chi connectivity index (χ0) is 34.5. The molecule has 0 aliphatic carbocycles. The summed E-state index contributed by atoms with van der Waals surface area (Å²) in [5.41, 5.74) is 4.20. The number of hydrogen-bond acceptors (Lipinski definition) is 3. The smallest absolute Gasteiger partial charge is 0.164 e. The molecule has 0 aliphatic heterocycles. The molecule has 0 atom stereocenters. The van der Waals surface area contributed by atoms with Gasteiger partial charge in [-0.05, 0) is 70.7 Å². The maximum Gasteiger partial charge on any atom is 0.164 e. The van der Waals surface area contributed by atoms with Gasteiger partial charge in [0.1, 0.15) is 5.76 Å². The van der Waals surface area contributed by atoms with Gasteiger partial charge in [0.15, 0.2) is 5.78 Å². The van der Waals surface area contributed by atoms with E-state index < -0.39 is 0 Å². The van der Waals surface area contributed by atoms with Gasteiger partial charge < -0.3 is 5.11 Å². The second-order valence-electron chi connectivity index (χ2n) is 14.2. The summed E-state index contributed by atoms with van der Waals surface area (Å²) in [4.78, 5) is 17.0. The maximum absolute atomic E-state index is 12.2. The van der Waals surface area contributed by atoms with Crippen molar-refractivity contribution in [3.8, 4) is 11.3 Å². The van der Waals surface area contributed by atoms with Crippen LogP contribution in [0.15, 0.2) is 84.8 Å². The Morgan fingerprint density at radius 3 is 2.04 bits per heavy atom. The topological polar surface area (TPSA) is 50.2 Å². The van der Waals surface area contributed by atoms with Crippen molar-refractivity contribution in [2.24, 2.45) is 10.8 Å². The zero-order valence-corrected chi connectivity index (χ0v) is 33.0. The molecule has 3 nitrogen and oxygen atoms in total. The number of pyridine rings is 1. The van der Waals surface area contributed by atoms with E-state index in [1.54, 1.807) is 0 Å². The Bertz CT molecular complexity index is 1890. The van der Waals surface area contributed by atoms with Crippen LogP contribution in [-0.2, 0) is 24.9 Å². The Kier molecular flexibility index (Phi) is 13.3. The molecule has 257 valence electrons. The monoisotopic (exact) mass is 821 g/mol. The van der Waals surface area contributed by atoms with Crippen molar-refractivity contribution in [3.63, 3.8) is 0 Å². The Balaban J connectivity index is 0.000000301. The Labute approximate surface area is 302 Å². The largest absolute Gasteiger partial charge is 0.512 e. The summed E-state index contributed by atoms with van der Waals surface area (Å²) < 4.78 is 0. The van der Waals surface area contributed by atoms with Crippen LogP contribution in [0.4, 0.5) is 0 Å². The summed E-state index contributed by atoms with van der Waals surface area (Å²) >= 11 is 0. The molecule has 0 unspecified atom stereocenters. The van der Waals surface area contributed by atoms with Crippen LogP contribution in [0.5, 0.6) is 0 Å². The van der Waals surface area contributed by atoms with Crippen LogP contribution in [0.3, 0.4) is 0 Å². The molecule has 0 fully saturated rings. The fourth-order valence-electron chi connectivity index (χ4n) is 6.13. The first-order chi connectivity index (χ1) is 22.3. The average molecular weight is 821 g/mol. The average Bonchev–Trinajstić information content (AvgIpc) is 3.09. The second kappa shape index (κ2) is 16.4. The second-order valence-corrected chi connectivity index (χ2v) is 14.2. The van der Waals surface area contributed by atoms with Crippen LogP contribution >= 0.6 is 0 Å². The number of rotatable bonds is 10. The van der Waals surface area contributed by atoms with E-state index in [4.69, 9.17) is 4.98 Å². The molecule has 0 saturated heterocycles. The summed E-state index contributed by atoms with van der Waals surface area (Å²) in [6.07, 6.45) is 6.68. The Hall–Kier alpha value is -3.33. The molecule has 0 aliphatic rings. The van der Waals surface area contributed by atoms with Gasteiger partial charge in [-0.15, -0.1) is 29.1 Å². The van der Waals surface area contributed by atoms with Crippen molar-refractivity contribution in [2.75, 3.05) is 0 Å². The molecule has 48 heavy (non-hydrogen) atoms. The van der Waals surface area contributed by atoms with Gasteiger partial charge in [-0.25, -0.2) is 0 Å². The third kappa shape index (κ3) is 8.09. The van der Waals surface area contributed by atoms with Gasteiger partial charge in [-0.1, -0.05) is 129 Å². The number of allylic oxidation sites excluding steroid dienone is 2. The Morgan fingerprint density at radius 1 is 0.792 bits per heavy atom. The third-order valence-electron chi connectivity index (χ3n) is 10.7. The summed E-state index contributed by atoms with van der Waals surface area (Å²) in [6.45, 7) is 21.1. The number of carbonyl (C=O) groups is 1. The number of hydrogen-bond donors (Lipinski definition) is 1. The number of aliphatic hydroxyl groups excluding tert-OH is 1. The molecule has 0 amide bonds. The quantitative estimate of drug-likeness (QED) is 0.0661. The molecule has 0 spiro atoms. The number of aliphatic hydroxyl groups is 1. The minimum atomic E-state index is -0.337. The van der Waals surface area contributed by atoms with Crippen molar-refractivity contribution >= 4 is 38.1 Å². The number of aromatic nitrogens is 1. The number of nitrogens with zero attached hydrogens (tertiary/aromatic N) is 1. The van der Waals surface area contributed by atoms with Crippen molar-refractivity contribution in [3.05, 3.63) is 102 Å². The standard InChI is InChI=1S/C29H26N.C15H28O2.Ir/c1-18(2)21-11-12-26-22(15-21)13-14-30-29(26)24-16-23-10-9-20-7-5-6-8-25(20)28(23)27(17-24)19(3)4;1-7-14(5,8-2)12(16)11-13(17)15(6,9-3)10-4;/h5-15,17-19H,1-4H3;11,16H,7-10H2,1-6H3;/q-1;;/b;12-11-;. The van der Waals surface area contributed by atoms with Gasteiger partial charge in [-0.2, -0.15) is 0 Å². The molecule has 1 radical (unpaired) electrons. The molecule has 1 N–H and O–H groups in total. The molecule has 1 aromatic heterocycles.